The molecule has 0 spiro atoms. The Kier molecular flexibility index (Phi) is 6.53. The molecule has 6 rings (SSSR count). The summed E-state index contributed by atoms with van der Waals surface area (Å²) >= 11 is 0. The molecule has 196 valence electrons. The third-order valence-corrected chi connectivity index (χ3v) is 7.88. The fourth-order valence-electron chi connectivity index (χ4n) is 5.81. The SMILES string of the molecule is O=C(NC1(c2ccc(OCc3ccccc3)cc2)CC(C(=O)O)C1)OCC1c2ccccc2-c2ccccc21. The topological polar surface area (TPSA) is 84.9 Å². The Morgan fingerprint density at radius 1 is 0.795 bits per heavy atom. The van der Waals surface area contributed by atoms with Crippen LogP contribution in [0.25, 0.3) is 11.1 Å². The molecule has 0 aromatic heterocycles. The first kappa shape index (κ1) is 24.7. The van der Waals surface area contributed by atoms with E-state index >= 15 is 0 Å². The highest BCUT2D eigenvalue weighted by atomic mass is 16.5. The van der Waals surface area contributed by atoms with Gasteiger partial charge in [0, 0.05) is 5.92 Å². The summed E-state index contributed by atoms with van der Waals surface area (Å²) < 4.78 is 11.7. The normalized spacial score (nSPS) is 19.3. The number of benzene rings is 4. The van der Waals surface area contributed by atoms with Crippen molar-refractivity contribution < 1.29 is 24.2 Å². The minimum Gasteiger partial charge on any atom is -0.489 e. The highest BCUT2D eigenvalue weighted by Crippen LogP contribution is 2.47. The van der Waals surface area contributed by atoms with Crippen LogP contribution >= 0.6 is 0 Å². The van der Waals surface area contributed by atoms with Gasteiger partial charge in [-0.15, -0.1) is 0 Å². The van der Waals surface area contributed by atoms with Crippen molar-refractivity contribution in [3.63, 3.8) is 0 Å². The zero-order valence-electron chi connectivity index (χ0n) is 21.4. The zero-order valence-corrected chi connectivity index (χ0v) is 21.4. The fourth-order valence-corrected chi connectivity index (χ4v) is 5.81. The second kappa shape index (κ2) is 10.3. The van der Waals surface area contributed by atoms with E-state index < -0.39 is 23.5 Å². The third kappa shape index (κ3) is 4.86. The lowest BCUT2D eigenvalue weighted by atomic mass is 9.64. The predicted molar refractivity (Wildman–Crippen MR) is 147 cm³/mol. The Hall–Kier alpha value is -4.58. The van der Waals surface area contributed by atoms with Crippen LogP contribution in [0.3, 0.4) is 0 Å². The van der Waals surface area contributed by atoms with Crippen LogP contribution in [0.5, 0.6) is 5.75 Å². The van der Waals surface area contributed by atoms with Gasteiger partial charge in [-0.2, -0.15) is 0 Å². The van der Waals surface area contributed by atoms with Crippen molar-refractivity contribution in [3.8, 4) is 16.9 Å². The molecule has 0 atom stereocenters. The molecule has 2 N–H and O–H groups in total. The van der Waals surface area contributed by atoms with Crippen molar-refractivity contribution in [1.29, 1.82) is 0 Å². The number of rotatable bonds is 8. The van der Waals surface area contributed by atoms with Gasteiger partial charge in [0.15, 0.2) is 0 Å². The molecule has 39 heavy (non-hydrogen) atoms. The van der Waals surface area contributed by atoms with Crippen LogP contribution in [0.1, 0.15) is 41.0 Å². The molecule has 2 aliphatic rings. The summed E-state index contributed by atoms with van der Waals surface area (Å²) in [7, 11) is 0. The average molecular weight is 520 g/mol. The van der Waals surface area contributed by atoms with Gasteiger partial charge in [-0.25, -0.2) is 4.79 Å². The summed E-state index contributed by atoms with van der Waals surface area (Å²) in [5, 5.41) is 12.6. The molecule has 4 aromatic rings. The second-order valence-corrected chi connectivity index (χ2v) is 10.3. The van der Waals surface area contributed by atoms with Gasteiger partial charge >= 0.3 is 12.1 Å². The summed E-state index contributed by atoms with van der Waals surface area (Å²) in [6, 6.07) is 33.8. The third-order valence-electron chi connectivity index (χ3n) is 7.88. The van der Waals surface area contributed by atoms with Crippen molar-refractivity contribution in [2.45, 2.75) is 30.9 Å². The highest BCUT2D eigenvalue weighted by Gasteiger charge is 2.50. The van der Waals surface area contributed by atoms with Crippen molar-refractivity contribution in [1.82, 2.24) is 5.32 Å². The molecule has 2 aliphatic carbocycles. The van der Waals surface area contributed by atoms with Gasteiger partial charge in [0.2, 0.25) is 0 Å². The number of carbonyl (C=O) groups is 2. The smallest absolute Gasteiger partial charge is 0.407 e. The van der Waals surface area contributed by atoms with E-state index in [9.17, 15) is 14.7 Å². The lowest BCUT2D eigenvalue weighted by Crippen LogP contribution is -2.56. The molecule has 0 heterocycles. The van der Waals surface area contributed by atoms with Gasteiger partial charge in [0.25, 0.3) is 0 Å². The molecule has 0 aliphatic heterocycles. The molecule has 0 unspecified atom stereocenters. The Morgan fingerprint density at radius 2 is 1.38 bits per heavy atom. The molecule has 0 bridgehead atoms. The second-order valence-electron chi connectivity index (χ2n) is 10.3. The van der Waals surface area contributed by atoms with Gasteiger partial charge in [-0.05, 0) is 58.4 Å². The Bertz CT molecular complexity index is 1450. The Labute approximate surface area is 227 Å². The van der Waals surface area contributed by atoms with Crippen molar-refractivity contribution in [2.24, 2.45) is 5.92 Å². The van der Waals surface area contributed by atoms with E-state index in [0.29, 0.717) is 25.2 Å². The summed E-state index contributed by atoms with van der Waals surface area (Å²) in [6.45, 7) is 0.648. The maximum Gasteiger partial charge on any atom is 0.407 e. The number of hydrogen-bond donors (Lipinski definition) is 2. The molecular weight excluding hydrogens is 490 g/mol. The summed E-state index contributed by atoms with van der Waals surface area (Å²) in [5.41, 5.74) is 5.71. The van der Waals surface area contributed by atoms with Gasteiger partial charge in [0.1, 0.15) is 19.0 Å². The van der Waals surface area contributed by atoms with Gasteiger partial charge in [-0.1, -0.05) is 91.0 Å². The number of carbonyl (C=O) groups excluding carboxylic acids is 1. The minimum absolute atomic E-state index is 0.0479. The van der Waals surface area contributed by atoms with Crippen LogP contribution in [0.4, 0.5) is 4.79 Å². The molecule has 6 heteroatoms. The monoisotopic (exact) mass is 519 g/mol. The number of fused-ring (bicyclic) bond motifs is 3. The quantitative estimate of drug-likeness (QED) is 0.278. The summed E-state index contributed by atoms with van der Waals surface area (Å²) in [6.07, 6.45) is 0.0538. The van der Waals surface area contributed by atoms with Crippen LogP contribution in [0, 0.1) is 5.92 Å². The summed E-state index contributed by atoms with van der Waals surface area (Å²) in [4.78, 5) is 24.7. The molecule has 0 radical (unpaired) electrons. The number of aliphatic carboxylic acids is 1. The zero-order chi connectivity index (χ0) is 26.8. The van der Waals surface area contributed by atoms with Crippen molar-refractivity contribution >= 4 is 12.1 Å². The van der Waals surface area contributed by atoms with E-state index in [1.807, 2.05) is 78.9 Å². The van der Waals surface area contributed by atoms with E-state index in [1.165, 1.54) is 0 Å². The first-order valence-corrected chi connectivity index (χ1v) is 13.2. The van der Waals surface area contributed by atoms with Crippen molar-refractivity contribution in [3.05, 3.63) is 125 Å². The number of ether oxygens (including phenoxy) is 2. The van der Waals surface area contributed by atoms with Gasteiger partial charge in [-0.3, -0.25) is 4.79 Å². The van der Waals surface area contributed by atoms with E-state index in [4.69, 9.17) is 9.47 Å². The van der Waals surface area contributed by atoms with E-state index in [1.54, 1.807) is 0 Å². The molecule has 0 saturated heterocycles. The van der Waals surface area contributed by atoms with Crippen LogP contribution in [-0.4, -0.2) is 23.8 Å². The number of alkyl carbamates (subject to hydrolysis) is 1. The maximum atomic E-state index is 13.1. The molecule has 4 aromatic carbocycles. The molecule has 6 nitrogen and oxygen atoms in total. The number of hydrogen-bond acceptors (Lipinski definition) is 4. The van der Waals surface area contributed by atoms with Crippen LogP contribution in [0.15, 0.2) is 103 Å². The number of carboxylic acids is 1. The highest BCUT2D eigenvalue weighted by molar-refractivity contribution is 5.79. The van der Waals surface area contributed by atoms with Gasteiger partial charge < -0.3 is 19.9 Å². The first-order valence-electron chi connectivity index (χ1n) is 13.2. The van der Waals surface area contributed by atoms with Crippen LogP contribution in [0.2, 0.25) is 0 Å². The fraction of sp³-hybridized carbons (Fsp3) is 0.212. The van der Waals surface area contributed by atoms with Crippen molar-refractivity contribution in [2.75, 3.05) is 6.61 Å². The number of amides is 1. The molecule has 1 fully saturated rings. The molecular formula is C33H29NO5. The average Bonchev–Trinajstić information content (AvgIpc) is 3.27. The standard InChI is InChI=1S/C33H29NO5/c35-31(36)23-18-33(19-23,24-14-16-25(17-15-24)38-20-22-8-2-1-3-9-22)34-32(37)39-21-30-28-12-6-4-10-26(28)27-11-5-7-13-29(27)30/h1-17,23,30H,18-21H2,(H,34,37)(H,35,36). The Morgan fingerprint density at radius 3 is 2.00 bits per heavy atom. The molecule has 1 saturated carbocycles. The van der Waals surface area contributed by atoms with Crippen LogP contribution < -0.4 is 10.1 Å². The largest absolute Gasteiger partial charge is 0.489 e. The first-order chi connectivity index (χ1) is 19.0. The molecule has 1 amide bonds. The number of carboxylic acid groups (broad SMARTS) is 1. The number of nitrogens with one attached hydrogen (secondary N) is 1. The van der Waals surface area contributed by atoms with E-state index in [-0.39, 0.29) is 12.5 Å². The van der Waals surface area contributed by atoms with Crippen LogP contribution in [-0.2, 0) is 21.7 Å². The lowest BCUT2D eigenvalue weighted by molar-refractivity contribution is -0.148. The van der Waals surface area contributed by atoms with Gasteiger partial charge in [0.05, 0.1) is 11.5 Å². The minimum atomic E-state index is -0.859. The summed E-state index contributed by atoms with van der Waals surface area (Å²) in [5.74, 6) is -0.725. The Balaban J connectivity index is 1.14. The van der Waals surface area contributed by atoms with E-state index in [0.717, 1.165) is 33.4 Å². The lowest BCUT2D eigenvalue weighted by Gasteiger charge is -2.46. The maximum absolute atomic E-state index is 13.1. The predicted octanol–water partition coefficient (Wildman–Crippen LogP) is 6.49. The van der Waals surface area contributed by atoms with E-state index in [2.05, 4.69) is 29.6 Å².